The highest BCUT2D eigenvalue weighted by Crippen LogP contribution is 2.33. The van der Waals surface area contributed by atoms with Gasteiger partial charge in [-0.25, -0.2) is 4.98 Å². The van der Waals surface area contributed by atoms with Gasteiger partial charge in [-0.05, 0) is 31.2 Å². The Morgan fingerprint density at radius 2 is 1.85 bits per heavy atom. The monoisotopic (exact) mass is 364 g/mol. The first-order valence-electron chi connectivity index (χ1n) is 5.99. The zero-order valence-corrected chi connectivity index (χ0v) is 13.8. The molecule has 3 aromatic rings. The highest BCUT2D eigenvalue weighted by atomic mass is 79.9. The molecule has 0 N–H and O–H groups in total. The van der Waals surface area contributed by atoms with Crippen molar-refractivity contribution in [2.45, 2.75) is 6.92 Å². The van der Waals surface area contributed by atoms with Gasteiger partial charge in [-0.3, -0.25) is 4.98 Å². The van der Waals surface area contributed by atoms with Crippen LogP contribution in [-0.4, -0.2) is 9.97 Å². The first kappa shape index (κ1) is 13.7. The molecule has 0 aliphatic carbocycles. The number of pyridine rings is 1. The van der Waals surface area contributed by atoms with Crippen LogP contribution in [0.1, 0.15) is 4.88 Å². The molecular formula is C15H10BrClN2S. The lowest BCUT2D eigenvalue weighted by molar-refractivity contribution is 1.29. The van der Waals surface area contributed by atoms with Crippen molar-refractivity contribution in [3.63, 3.8) is 0 Å². The maximum absolute atomic E-state index is 5.86. The van der Waals surface area contributed by atoms with Gasteiger partial charge >= 0.3 is 0 Å². The minimum Gasteiger partial charge on any atom is -0.252 e. The third kappa shape index (κ3) is 2.77. The number of aryl methyl sites for hydroxylation is 1. The van der Waals surface area contributed by atoms with Crippen LogP contribution in [0.25, 0.3) is 22.0 Å². The van der Waals surface area contributed by atoms with E-state index in [9.17, 15) is 0 Å². The van der Waals surface area contributed by atoms with Crippen LogP contribution in [0.15, 0.2) is 47.1 Å². The first-order valence-corrected chi connectivity index (χ1v) is 7.97. The molecule has 0 aliphatic rings. The molecule has 0 saturated carbocycles. The van der Waals surface area contributed by atoms with E-state index in [1.807, 2.05) is 24.3 Å². The van der Waals surface area contributed by atoms with Crippen LogP contribution < -0.4 is 0 Å². The van der Waals surface area contributed by atoms with Crippen LogP contribution in [-0.2, 0) is 0 Å². The second kappa shape index (κ2) is 5.64. The third-order valence-electron chi connectivity index (χ3n) is 2.86. The van der Waals surface area contributed by atoms with E-state index in [1.54, 1.807) is 17.5 Å². The summed E-state index contributed by atoms with van der Waals surface area (Å²) in [7, 11) is 0. The largest absolute Gasteiger partial charge is 0.252 e. The van der Waals surface area contributed by atoms with E-state index in [-0.39, 0.29) is 0 Å². The fourth-order valence-electron chi connectivity index (χ4n) is 1.88. The number of aromatic nitrogens is 2. The summed E-state index contributed by atoms with van der Waals surface area (Å²) in [5.41, 5.74) is 2.97. The fourth-order valence-corrected chi connectivity index (χ4v) is 3.17. The summed E-state index contributed by atoms with van der Waals surface area (Å²) >= 11 is 11.0. The van der Waals surface area contributed by atoms with E-state index < -0.39 is 0 Å². The van der Waals surface area contributed by atoms with Crippen molar-refractivity contribution in [3.05, 3.63) is 57.0 Å². The Morgan fingerprint density at radius 1 is 1.10 bits per heavy atom. The summed E-state index contributed by atoms with van der Waals surface area (Å²) in [6.45, 7) is 2.08. The summed E-state index contributed by atoms with van der Waals surface area (Å²) in [5.74, 6) is 0. The summed E-state index contributed by atoms with van der Waals surface area (Å²) in [6, 6.07) is 11.9. The van der Waals surface area contributed by atoms with E-state index in [2.05, 4.69) is 40.0 Å². The van der Waals surface area contributed by atoms with Gasteiger partial charge in [0.1, 0.15) is 5.01 Å². The molecule has 5 heteroatoms. The first-order chi connectivity index (χ1) is 9.63. The summed E-state index contributed by atoms with van der Waals surface area (Å²) in [5, 5.41) is 1.55. The van der Waals surface area contributed by atoms with Crippen LogP contribution >= 0.6 is 38.9 Å². The molecule has 2 aromatic heterocycles. The molecule has 0 spiro atoms. The van der Waals surface area contributed by atoms with Gasteiger partial charge in [-0.2, -0.15) is 0 Å². The standard InChI is InChI=1S/C15H10BrClN2S/c1-9-14(10-2-4-11(16)5-3-10)19-15(20-9)13-7-6-12(17)8-18-13/h2-8H,1H3. The molecule has 3 rings (SSSR count). The van der Waals surface area contributed by atoms with Crippen molar-refractivity contribution in [1.82, 2.24) is 9.97 Å². The fraction of sp³-hybridized carbons (Fsp3) is 0.0667. The molecule has 0 fully saturated rings. The third-order valence-corrected chi connectivity index (χ3v) is 4.61. The van der Waals surface area contributed by atoms with Gasteiger partial charge in [-0.1, -0.05) is 39.7 Å². The average Bonchev–Trinajstić information content (AvgIpc) is 2.82. The molecule has 0 bridgehead atoms. The van der Waals surface area contributed by atoms with Crippen molar-refractivity contribution >= 4 is 38.9 Å². The molecule has 0 radical (unpaired) electrons. The Morgan fingerprint density at radius 3 is 2.50 bits per heavy atom. The Balaban J connectivity index is 2.02. The Kier molecular flexibility index (Phi) is 3.87. The minimum atomic E-state index is 0.634. The lowest BCUT2D eigenvalue weighted by Gasteiger charge is -1.98. The number of thiazole rings is 1. The average molecular weight is 366 g/mol. The Hall–Kier alpha value is -1.23. The predicted octanol–water partition coefficient (Wildman–Crippen LogP) is 5.60. The number of hydrogen-bond donors (Lipinski definition) is 0. The van der Waals surface area contributed by atoms with Gasteiger partial charge in [0.2, 0.25) is 0 Å². The molecule has 100 valence electrons. The van der Waals surface area contributed by atoms with Crippen molar-refractivity contribution < 1.29 is 0 Å². The second-order valence-corrected chi connectivity index (χ2v) is 6.85. The zero-order valence-electron chi connectivity index (χ0n) is 10.6. The number of rotatable bonds is 2. The van der Waals surface area contributed by atoms with Crippen LogP contribution in [0.5, 0.6) is 0 Å². The minimum absolute atomic E-state index is 0.634. The number of benzene rings is 1. The summed E-state index contributed by atoms with van der Waals surface area (Å²) in [6.07, 6.45) is 1.65. The van der Waals surface area contributed by atoms with Crippen LogP contribution in [0.2, 0.25) is 5.02 Å². The zero-order chi connectivity index (χ0) is 14.1. The number of halogens is 2. The van der Waals surface area contributed by atoms with Gasteiger partial charge in [0.15, 0.2) is 0 Å². The van der Waals surface area contributed by atoms with E-state index in [0.717, 1.165) is 26.4 Å². The van der Waals surface area contributed by atoms with Crippen molar-refractivity contribution in [3.8, 4) is 22.0 Å². The second-order valence-electron chi connectivity index (χ2n) is 4.29. The molecule has 1 aromatic carbocycles. The van der Waals surface area contributed by atoms with Gasteiger partial charge in [-0.15, -0.1) is 11.3 Å². The molecule has 2 heterocycles. The van der Waals surface area contributed by atoms with Gasteiger partial charge in [0.05, 0.1) is 16.4 Å². The van der Waals surface area contributed by atoms with Gasteiger partial charge in [0.25, 0.3) is 0 Å². The lowest BCUT2D eigenvalue weighted by Crippen LogP contribution is -1.83. The van der Waals surface area contributed by atoms with Crippen molar-refractivity contribution in [1.29, 1.82) is 0 Å². The van der Waals surface area contributed by atoms with Gasteiger partial charge in [0, 0.05) is 21.1 Å². The number of nitrogens with zero attached hydrogens (tertiary/aromatic N) is 2. The lowest BCUT2D eigenvalue weighted by atomic mass is 10.1. The molecule has 20 heavy (non-hydrogen) atoms. The molecule has 0 amide bonds. The van der Waals surface area contributed by atoms with Gasteiger partial charge < -0.3 is 0 Å². The predicted molar refractivity (Wildman–Crippen MR) is 88.2 cm³/mol. The van der Waals surface area contributed by atoms with Crippen LogP contribution in [0, 0.1) is 6.92 Å². The summed E-state index contributed by atoms with van der Waals surface area (Å²) < 4.78 is 1.06. The maximum atomic E-state index is 5.86. The van der Waals surface area contributed by atoms with Crippen LogP contribution in [0.3, 0.4) is 0 Å². The van der Waals surface area contributed by atoms with Crippen molar-refractivity contribution in [2.75, 3.05) is 0 Å². The smallest absolute Gasteiger partial charge is 0.142 e. The SMILES string of the molecule is Cc1sc(-c2ccc(Cl)cn2)nc1-c1ccc(Br)cc1. The molecule has 0 aliphatic heterocycles. The van der Waals surface area contributed by atoms with Crippen LogP contribution in [0.4, 0.5) is 0 Å². The maximum Gasteiger partial charge on any atom is 0.142 e. The molecule has 0 saturated heterocycles. The highest BCUT2D eigenvalue weighted by Gasteiger charge is 2.12. The van der Waals surface area contributed by atoms with Crippen molar-refractivity contribution in [2.24, 2.45) is 0 Å². The molecular weight excluding hydrogens is 356 g/mol. The van der Waals surface area contributed by atoms with E-state index in [0.29, 0.717) is 5.02 Å². The van der Waals surface area contributed by atoms with E-state index >= 15 is 0 Å². The normalized spacial score (nSPS) is 10.8. The molecule has 0 unspecified atom stereocenters. The molecule has 2 nitrogen and oxygen atoms in total. The number of hydrogen-bond acceptors (Lipinski definition) is 3. The Bertz CT molecular complexity index is 736. The summed E-state index contributed by atoms with van der Waals surface area (Å²) in [4.78, 5) is 10.2. The van der Waals surface area contributed by atoms with E-state index in [4.69, 9.17) is 16.6 Å². The topological polar surface area (TPSA) is 25.8 Å². The molecule has 0 atom stereocenters. The quantitative estimate of drug-likeness (QED) is 0.591. The highest BCUT2D eigenvalue weighted by molar-refractivity contribution is 9.10. The van der Waals surface area contributed by atoms with E-state index in [1.165, 1.54) is 4.88 Å². The Labute approximate surface area is 134 Å².